The predicted octanol–water partition coefficient (Wildman–Crippen LogP) is 5.35. The quantitative estimate of drug-likeness (QED) is 0.277. The maximum absolute atomic E-state index is 13.7. The van der Waals surface area contributed by atoms with Crippen molar-refractivity contribution in [3.05, 3.63) is 44.9 Å². The van der Waals surface area contributed by atoms with E-state index in [4.69, 9.17) is 17.3 Å². The van der Waals surface area contributed by atoms with E-state index in [1.807, 2.05) is 0 Å². The second-order valence-corrected chi connectivity index (χ2v) is 10.3. The number of pyridine rings is 1. The van der Waals surface area contributed by atoms with Gasteiger partial charge in [0.15, 0.2) is 0 Å². The number of carbonyl (C=O) groups is 2. The van der Waals surface area contributed by atoms with Crippen LogP contribution in [0.25, 0.3) is 21.3 Å². The number of primary amides is 1. The van der Waals surface area contributed by atoms with Crippen molar-refractivity contribution in [2.45, 2.75) is 45.1 Å². The minimum atomic E-state index is -2.92. The van der Waals surface area contributed by atoms with E-state index in [0.29, 0.717) is 17.0 Å². The number of thiophene rings is 1. The molecule has 0 spiro atoms. The van der Waals surface area contributed by atoms with Gasteiger partial charge < -0.3 is 11.1 Å². The number of carbonyl (C=O) groups excluding carboxylic acids is 2. The zero-order valence-electron chi connectivity index (χ0n) is 19.9. The summed E-state index contributed by atoms with van der Waals surface area (Å²) >= 11 is 6.90. The average molecular weight is 570 g/mol. The number of aryl methyl sites for hydroxylation is 2. The molecule has 2 amide bonds. The Bertz CT molecular complexity index is 1590. The molecule has 1 aliphatic carbocycles. The molecule has 38 heavy (non-hydrogen) atoms. The third-order valence-corrected chi connectivity index (χ3v) is 7.60. The highest BCUT2D eigenvalue weighted by Crippen LogP contribution is 2.46. The monoisotopic (exact) mass is 569 g/mol. The number of fused-ring (bicyclic) bond motifs is 1. The molecule has 3 N–H and O–H groups in total. The van der Waals surface area contributed by atoms with Crippen molar-refractivity contribution in [1.82, 2.24) is 24.5 Å². The van der Waals surface area contributed by atoms with E-state index in [0.717, 1.165) is 28.9 Å². The molecule has 4 heterocycles. The van der Waals surface area contributed by atoms with E-state index < -0.39 is 42.6 Å². The van der Waals surface area contributed by atoms with Crippen LogP contribution in [0.4, 0.5) is 23.2 Å². The summed E-state index contributed by atoms with van der Waals surface area (Å²) in [5.74, 6) is -1.70. The molecule has 1 aliphatic rings. The summed E-state index contributed by atoms with van der Waals surface area (Å²) in [5, 5.41) is 10.8. The number of aromatic nitrogens is 5. The number of amides is 2. The Morgan fingerprint density at radius 1 is 1.21 bits per heavy atom. The molecular formula is C23H20ClF4N7O2S. The molecule has 15 heteroatoms. The van der Waals surface area contributed by atoms with Crippen LogP contribution in [0.3, 0.4) is 0 Å². The number of nitrogens with two attached hydrogens (primary N) is 1. The lowest BCUT2D eigenvalue weighted by molar-refractivity contribution is -0.117. The van der Waals surface area contributed by atoms with Crippen molar-refractivity contribution in [3.63, 3.8) is 0 Å². The van der Waals surface area contributed by atoms with Crippen LogP contribution in [0.2, 0.25) is 5.02 Å². The number of hydrogen-bond acceptors (Lipinski definition) is 6. The summed E-state index contributed by atoms with van der Waals surface area (Å²) in [7, 11) is 1.66. The molecule has 0 bridgehead atoms. The number of anilines is 1. The van der Waals surface area contributed by atoms with Crippen molar-refractivity contribution in [1.29, 1.82) is 0 Å². The highest BCUT2D eigenvalue weighted by Gasteiger charge is 2.35. The molecule has 0 radical (unpaired) electrons. The van der Waals surface area contributed by atoms with Crippen LogP contribution in [0.15, 0.2) is 12.3 Å². The first-order chi connectivity index (χ1) is 18.0. The molecular weight excluding hydrogens is 550 g/mol. The summed E-state index contributed by atoms with van der Waals surface area (Å²) in [6.45, 7) is 1.21. The van der Waals surface area contributed by atoms with E-state index >= 15 is 0 Å². The Hall–Kier alpha value is -3.52. The average Bonchev–Trinajstić information content (AvgIpc) is 3.40. The summed E-state index contributed by atoms with van der Waals surface area (Å²) in [6.07, 6.45) is -2.76. The Balaban J connectivity index is 1.61. The van der Waals surface area contributed by atoms with Crippen molar-refractivity contribution in [3.8, 4) is 11.1 Å². The summed E-state index contributed by atoms with van der Waals surface area (Å²) in [4.78, 5) is 29.4. The SMILES string of the molecule is Cc1nn(C)cc1-c1cc(C(F)F)nc2sc(C(N)=O)c(NC(=O)Cn3nc(C(F)F)c(Cl)c3C3CC3)c12. The topological polar surface area (TPSA) is 121 Å². The van der Waals surface area contributed by atoms with Crippen molar-refractivity contribution >= 4 is 50.7 Å². The maximum Gasteiger partial charge on any atom is 0.283 e. The third-order valence-electron chi connectivity index (χ3n) is 6.12. The summed E-state index contributed by atoms with van der Waals surface area (Å²) < 4.78 is 56.9. The molecule has 1 fully saturated rings. The first-order valence-electron chi connectivity index (χ1n) is 11.4. The number of nitrogens with one attached hydrogen (secondary N) is 1. The van der Waals surface area contributed by atoms with Crippen molar-refractivity contribution < 1.29 is 27.2 Å². The molecule has 0 atom stereocenters. The van der Waals surface area contributed by atoms with Gasteiger partial charge in [-0.1, -0.05) is 11.6 Å². The fourth-order valence-electron chi connectivity index (χ4n) is 4.39. The zero-order valence-corrected chi connectivity index (χ0v) is 21.5. The molecule has 1 saturated carbocycles. The minimum absolute atomic E-state index is 0.0191. The zero-order chi connectivity index (χ0) is 27.5. The molecule has 200 valence electrons. The molecule has 0 unspecified atom stereocenters. The maximum atomic E-state index is 13.7. The van der Waals surface area contributed by atoms with Crippen LogP contribution < -0.4 is 11.1 Å². The fourth-order valence-corrected chi connectivity index (χ4v) is 5.78. The van der Waals surface area contributed by atoms with Crippen LogP contribution in [0, 0.1) is 6.92 Å². The second-order valence-electron chi connectivity index (χ2n) is 8.91. The van der Waals surface area contributed by atoms with E-state index in [2.05, 4.69) is 20.5 Å². The molecule has 9 nitrogen and oxygen atoms in total. The summed E-state index contributed by atoms with van der Waals surface area (Å²) in [5.41, 5.74) is 6.04. The van der Waals surface area contributed by atoms with Crippen LogP contribution in [0.5, 0.6) is 0 Å². The molecule has 0 aliphatic heterocycles. The highest BCUT2D eigenvalue weighted by molar-refractivity contribution is 7.21. The largest absolute Gasteiger partial charge is 0.365 e. The second kappa shape index (κ2) is 9.66. The smallest absolute Gasteiger partial charge is 0.283 e. The first-order valence-corrected chi connectivity index (χ1v) is 12.6. The first kappa shape index (κ1) is 26.1. The normalized spacial score (nSPS) is 13.7. The lowest BCUT2D eigenvalue weighted by Crippen LogP contribution is -2.22. The third kappa shape index (κ3) is 4.62. The highest BCUT2D eigenvalue weighted by atomic mass is 35.5. The standard InChI is InChI=1S/C23H20ClF4N7O2S/c1-8-11(6-34(2)32-8)10-5-12(20(25)26)30-23-14(10)16(19(38-23)22(29)37)31-13(36)7-35-18(9-3-4-9)15(24)17(33-35)21(27)28/h5-6,9,20-21H,3-4,7H2,1-2H3,(H2,29,37)(H,31,36). The van der Waals surface area contributed by atoms with Gasteiger partial charge in [0.2, 0.25) is 5.91 Å². The van der Waals surface area contributed by atoms with Gasteiger partial charge in [-0.2, -0.15) is 10.2 Å². The van der Waals surface area contributed by atoms with Gasteiger partial charge in [-0.25, -0.2) is 22.5 Å². The van der Waals surface area contributed by atoms with E-state index in [1.54, 1.807) is 20.2 Å². The van der Waals surface area contributed by atoms with Crippen molar-refractivity contribution in [2.75, 3.05) is 5.32 Å². The Kier molecular flexibility index (Phi) is 6.63. The Labute approximate surface area is 221 Å². The predicted molar refractivity (Wildman–Crippen MR) is 133 cm³/mol. The van der Waals surface area contributed by atoms with Gasteiger partial charge in [-0.3, -0.25) is 19.0 Å². The number of rotatable bonds is 8. The number of halogens is 5. The van der Waals surface area contributed by atoms with Gasteiger partial charge >= 0.3 is 0 Å². The van der Waals surface area contributed by atoms with E-state index in [9.17, 15) is 27.2 Å². The molecule has 5 rings (SSSR count). The van der Waals surface area contributed by atoms with Gasteiger partial charge in [-0.05, 0) is 31.4 Å². The van der Waals surface area contributed by atoms with Crippen molar-refractivity contribution in [2.24, 2.45) is 12.8 Å². The van der Waals surface area contributed by atoms with E-state index in [1.165, 1.54) is 10.7 Å². The van der Waals surface area contributed by atoms with Crippen LogP contribution in [0.1, 0.15) is 64.1 Å². The molecule has 0 aromatic carbocycles. The number of hydrogen-bond donors (Lipinski definition) is 2. The van der Waals surface area contributed by atoms with Crippen LogP contribution in [-0.4, -0.2) is 36.4 Å². The Morgan fingerprint density at radius 2 is 1.92 bits per heavy atom. The molecule has 4 aromatic heterocycles. The van der Waals surface area contributed by atoms with Gasteiger partial charge in [-0.15, -0.1) is 11.3 Å². The number of nitrogens with zero attached hydrogens (tertiary/aromatic N) is 5. The van der Waals surface area contributed by atoms with Crippen LogP contribution >= 0.6 is 22.9 Å². The fraction of sp³-hybridized carbons (Fsp3) is 0.348. The van der Waals surface area contributed by atoms with Gasteiger partial charge in [0.05, 0.1) is 22.1 Å². The number of alkyl halides is 4. The van der Waals surface area contributed by atoms with Gasteiger partial charge in [0, 0.05) is 30.1 Å². The lowest BCUT2D eigenvalue weighted by Gasteiger charge is -2.11. The Morgan fingerprint density at radius 3 is 2.47 bits per heavy atom. The lowest BCUT2D eigenvalue weighted by atomic mass is 10.0. The molecule has 4 aromatic rings. The van der Waals surface area contributed by atoms with E-state index in [-0.39, 0.29) is 37.3 Å². The minimum Gasteiger partial charge on any atom is -0.365 e. The summed E-state index contributed by atoms with van der Waals surface area (Å²) in [6, 6.07) is 1.18. The van der Waals surface area contributed by atoms with Gasteiger partial charge in [0.25, 0.3) is 18.8 Å². The molecule has 0 saturated heterocycles. The van der Waals surface area contributed by atoms with Crippen LogP contribution in [-0.2, 0) is 18.4 Å². The van der Waals surface area contributed by atoms with Gasteiger partial charge in [0.1, 0.15) is 27.6 Å².